The molecule has 0 aromatic heterocycles. The van der Waals surface area contributed by atoms with Crippen LogP contribution >= 0.6 is 0 Å². The van der Waals surface area contributed by atoms with Crippen LogP contribution < -0.4 is 9.62 Å². The van der Waals surface area contributed by atoms with E-state index in [-0.39, 0.29) is 5.75 Å². The lowest BCUT2D eigenvalue weighted by Crippen LogP contribution is -2.36. The van der Waals surface area contributed by atoms with Crippen LogP contribution in [0.25, 0.3) is 0 Å². The van der Waals surface area contributed by atoms with Crippen molar-refractivity contribution < 1.29 is 13.2 Å². The van der Waals surface area contributed by atoms with E-state index in [2.05, 4.69) is 9.62 Å². The molecule has 124 valence electrons. The molecule has 1 aliphatic heterocycles. The molecule has 2 rings (SSSR count). The number of nitrogens with zero attached hydrogens (tertiary/aromatic N) is 1. The molecule has 1 aromatic carbocycles. The van der Waals surface area contributed by atoms with Gasteiger partial charge in [-0.05, 0) is 43.5 Å². The van der Waals surface area contributed by atoms with E-state index in [1.54, 1.807) is 7.11 Å². The molecule has 0 amide bonds. The molecule has 22 heavy (non-hydrogen) atoms. The number of nitrogens with one attached hydrogen (secondary N) is 1. The molecule has 0 unspecified atom stereocenters. The number of methoxy groups -OCH3 is 1. The van der Waals surface area contributed by atoms with E-state index in [1.807, 2.05) is 31.2 Å². The monoisotopic (exact) mass is 326 g/mol. The summed E-state index contributed by atoms with van der Waals surface area (Å²) in [7, 11) is -1.46. The van der Waals surface area contributed by atoms with Gasteiger partial charge < -0.3 is 9.64 Å². The Bertz CT molecular complexity index is 549. The smallest absolute Gasteiger partial charge is 0.232 e. The average Bonchev–Trinajstić information content (AvgIpc) is 2.53. The first-order chi connectivity index (χ1) is 10.5. The first kappa shape index (κ1) is 17.1. The Kier molecular flexibility index (Phi) is 6.08. The zero-order valence-corrected chi connectivity index (χ0v) is 14.2. The van der Waals surface area contributed by atoms with Gasteiger partial charge in [0.25, 0.3) is 0 Å². The Morgan fingerprint density at radius 1 is 1.23 bits per heavy atom. The maximum atomic E-state index is 11.9. The van der Waals surface area contributed by atoms with E-state index >= 15 is 0 Å². The van der Waals surface area contributed by atoms with E-state index in [4.69, 9.17) is 4.74 Å². The van der Waals surface area contributed by atoms with Crippen molar-refractivity contribution in [3.8, 4) is 0 Å². The SMILES string of the molecule is CCCCS(=O)(=O)Nc1ccc(N2CCC(OC)CC2)cc1. The summed E-state index contributed by atoms with van der Waals surface area (Å²) in [5.41, 5.74) is 1.76. The Morgan fingerprint density at radius 3 is 2.41 bits per heavy atom. The lowest BCUT2D eigenvalue weighted by Gasteiger charge is -2.33. The van der Waals surface area contributed by atoms with Gasteiger partial charge in [0.15, 0.2) is 0 Å². The standard InChI is InChI=1S/C16H26N2O3S/c1-3-4-13-22(19,20)17-14-5-7-15(8-6-14)18-11-9-16(21-2)10-12-18/h5-8,16-17H,3-4,9-13H2,1-2H3. The highest BCUT2D eigenvalue weighted by Gasteiger charge is 2.19. The van der Waals surface area contributed by atoms with Gasteiger partial charge in [-0.25, -0.2) is 8.42 Å². The van der Waals surface area contributed by atoms with Gasteiger partial charge in [-0.1, -0.05) is 13.3 Å². The highest BCUT2D eigenvalue weighted by atomic mass is 32.2. The van der Waals surface area contributed by atoms with Gasteiger partial charge >= 0.3 is 0 Å². The molecule has 0 bridgehead atoms. The fourth-order valence-electron chi connectivity index (χ4n) is 2.65. The van der Waals surface area contributed by atoms with E-state index < -0.39 is 10.0 Å². The maximum Gasteiger partial charge on any atom is 0.232 e. The predicted octanol–water partition coefficient (Wildman–Crippen LogP) is 2.84. The van der Waals surface area contributed by atoms with Crippen molar-refractivity contribution in [1.29, 1.82) is 0 Å². The number of ether oxygens (including phenoxy) is 1. The van der Waals surface area contributed by atoms with Crippen molar-refractivity contribution in [2.45, 2.75) is 38.7 Å². The second-order valence-corrected chi connectivity index (χ2v) is 7.59. The molecule has 6 heteroatoms. The second-order valence-electron chi connectivity index (χ2n) is 5.74. The molecule has 0 spiro atoms. The van der Waals surface area contributed by atoms with Gasteiger partial charge in [0, 0.05) is 31.6 Å². The third-order valence-corrected chi connectivity index (χ3v) is 5.42. The normalized spacial score (nSPS) is 16.7. The van der Waals surface area contributed by atoms with Crippen LogP contribution in [0.2, 0.25) is 0 Å². The molecule has 1 heterocycles. The van der Waals surface area contributed by atoms with Crippen molar-refractivity contribution in [1.82, 2.24) is 0 Å². The van der Waals surface area contributed by atoms with Crippen LogP contribution in [-0.4, -0.2) is 40.5 Å². The summed E-state index contributed by atoms with van der Waals surface area (Å²) in [6.07, 6.45) is 3.98. The third kappa shape index (κ3) is 4.88. The van der Waals surface area contributed by atoms with Gasteiger partial charge in [-0.2, -0.15) is 0 Å². The molecule has 5 nitrogen and oxygen atoms in total. The number of hydrogen-bond acceptors (Lipinski definition) is 4. The van der Waals surface area contributed by atoms with Gasteiger partial charge in [0.1, 0.15) is 0 Å². The van der Waals surface area contributed by atoms with Gasteiger partial charge in [0.2, 0.25) is 10.0 Å². The van der Waals surface area contributed by atoms with Crippen LogP contribution in [0.3, 0.4) is 0 Å². The van der Waals surface area contributed by atoms with Crippen LogP contribution in [0.1, 0.15) is 32.6 Å². The Labute approximate surface area is 133 Å². The van der Waals surface area contributed by atoms with Crippen molar-refractivity contribution in [2.75, 3.05) is 35.6 Å². The molecule has 0 atom stereocenters. The number of sulfonamides is 1. The summed E-state index contributed by atoms with van der Waals surface area (Å²) < 4.78 is 31.8. The molecule has 1 fully saturated rings. The van der Waals surface area contributed by atoms with Crippen molar-refractivity contribution >= 4 is 21.4 Å². The number of benzene rings is 1. The van der Waals surface area contributed by atoms with Crippen molar-refractivity contribution in [3.05, 3.63) is 24.3 Å². The molecule has 1 N–H and O–H groups in total. The van der Waals surface area contributed by atoms with Gasteiger partial charge in [0.05, 0.1) is 11.9 Å². The molecular formula is C16H26N2O3S. The average molecular weight is 326 g/mol. The fourth-order valence-corrected chi connectivity index (χ4v) is 3.92. The minimum absolute atomic E-state index is 0.176. The van der Waals surface area contributed by atoms with Crippen LogP contribution in [0.5, 0.6) is 0 Å². The Balaban J connectivity index is 1.93. The molecule has 1 aliphatic rings. The number of unbranched alkanes of at least 4 members (excludes halogenated alkanes) is 1. The third-order valence-electron chi connectivity index (χ3n) is 4.05. The first-order valence-electron chi connectivity index (χ1n) is 7.92. The van der Waals surface area contributed by atoms with E-state index in [1.165, 1.54) is 0 Å². The fraction of sp³-hybridized carbons (Fsp3) is 0.625. The Morgan fingerprint density at radius 2 is 1.86 bits per heavy atom. The molecule has 0 aliphatic carbocycles. The highest BCUT2D eigenvalue weighted by Crippen LogP contribution is 2.23. The summed E-state index contributed by atoms with van der Waals surface area (Å²) in [6.45, 7) is 3.93. The van der Waals surface area contributed by atoms with E-state index in [0.29, 0.717) is 18.2 Å². The van der Waals surface area contributed by atoms with E-state index in [0.717, 1.165) is 38.0 Å². The number of piperidine rings is 1. The minimum atomic E-state index is -3.23. The molecular weight excluding hydrogens is 300 g/mol. The van der Waals surface area contributed by atoms with Crippen molar-refractivity contribution in [2.24, 2.45) is 0 Å². The molecule has 1 aromatic rings. The number of anilines is 2. The topological polar surface area (TPSA) is 58.6 Å². The predicted molar refractivity (Wildman–Crippen MR) is 91.0 cm³/mol. The Hall–Kier alpha value is -1.27. The number of hydrogen-bond donors (Lipinski definition) is 1. The molecule has 0 radical (unpaired) electrons. The summed E-state index contributed by atoms with van der Waals surface area (Å²) in [5, 5.41) is 0. The highest BCUT2D eigenvalue weighted by molar-refractivity contribution is 7.92. The second kappa shape index (κ2) is 7.83. The largest absolute Gasteiger partial charge is 0.381 e. The van der Waals surface area contributed by atoms with Crippen LogP contribution in [0.15, 0.2) is 24.3 Å². The first-order valence-corrected chi connectivity index (χ1v) is 9.57. The maximum absolute atomic E-state index is 11.9. The zero-order valence-electron chi connectivity index (χ0n) is 13.4. The summed E-state index contributed by atoms with van der Waals surface area (Å²) in [4.78, 5) is 2.31. The lowest BCUT2D eigenvalue weighted by molar-refractivity contribution is 0.0819. The van der Waals surface area contributed by atoms with Crippen LogP contribution in [0, 0.1) is 0 Å². The summed E-state index contributed by atoms with van der Waals surface area (Å²) >= 11 is 0. The van der Waals surface area contributed by atoms with Gasteiger partial charge in [-0.3, -0.25) is 4.72 Å². The van der Waals surface area contributed by atoms with Gasteiger partial charge in [-0.15, -0.1) is 0 Å². The summed E-state index contributed by atoms with van der Waals surface area (Å²) in [6, 6.07) is 7.62. The molecule has 0 saturated carbocycles. The van der Waals surface area contributed by atoms with Crippen LogP contribution in [0.4, 0.5) is 11.4 Å². The number of rotatable bonds is 7. The van der Waals surface area contributed by atoms with Crippen molar-refractivity contribution in [3.63, 3.8) is 0 Å². The van der Waals surface area contributed by atoms with E-state index in [9.17, 15) is 8.42 Å². The van der Waals surface area contributed by atoms with Crippen LogP contribution in [-0.2, 0) is 14.8 Å². The summed E-state index contributed by atoms with van der Waals surface area (Å²) in [5.74, 6) is 0.176. The minimum Gasteiger partial charge on any atom is -0.381 e. The molecule has 1 saturated heterocycles. The zero-order chi connectivity index (χ0) is 16.0. The quantitative estimate of drug-likeness (QED) is 0.837. The lowest BCUT2D eigenvalue weighted by atomic mass is 10.1.